The maximum Gasteiger partial charge on any atom is 0.272 e. The van der Waals surface area contributed by atoms with Crippen LogP contribution < -0.4 is 5.32 Å². The average molecular weight is 221 g/mol. The van der Waals surface area contributed by atoms with Crippen molar-refractivity contribution in [2.45, 2.75) is 13.8 Å². The molecule has 0 aliphatic rings. The van der Waals surface area contributed by atoms with Gasteiger partial charge in [-0.2, -0.15) is 0 Å². The summed E-state index contributed by atoms with van der Waals surface area (Å²) in [6, 6.07) is 3.65. The van der Waals surface area contributed by atoms with Gasteiger partial charge >= 0.3 is 0 Å². The van der Waals surface area contributed by atoms with Gasteiger partial charge in [-0.15, -0.1) is 0 Å². The second kappa shape index (κ2) is 5.49. The highest BCUT2D eigenvalue weighted by molar-refractivity contribution is 5.92. The summed E-state index contributed by atoms with van der Waals surface area (Å²) in [5, 5.41) is 3.27. The number of nitrogens with zero attached hydrogens (tertiary/aromatic N) is 2. The molecule has 0 aliphatic heterocycles. The Labute approximate surface area is 96.7 Å². The van der Waals surface area contributed by atoms with Gasteiger partial charge < -0.3 is 10.2 Å². The van der Waals surface area contributed by atoms with Crippen molar-refractivity contribution in [1.29, 1.82) is 0 Å². The normalized spacial score (nSPS) is 10.3. The molecule has 0 radical (unpaired) electrons. The van der Waals surface area contributed by atoms with E-state index in [1.165, 1.54) is 4.90 Å². The van der Waals surface area contributed by atoms with Crippen LogP contribution >= 0.6 is 0 Å². The molecule has 1 rings (SSSR count). The molecular formula is C12H19N3O. The lowest BCUT2D eigenvalue weighted by molar-refractivity contribution is 0.0822. The van der Waals surface area contributed by atoms with E-state index in [4.69, 9.17) is 0 Å². The van der Waals surface area contributed by atoms with Crippen molar-refractivity contribution in [3.63, 3.8) is 0 Å². The van der Waals surface area contributed by atoms with Gasteiger partial charge in [-0.3, -0.25) is 9.78 Å². The number of nitrogens with one attached hydrogen (secondary N) is 1. The van der Waals surface area contributed by atoms with Crippen LogP contribution in [0.3, 0.4) is 0 Å². The molecule has 4 nitrogen and oxygen atoms in total. The molecule has 1 aromatic rings. The minimum absolute atomic E-state index is 0.0757. The molecule has 0 saturated carbocycles. The number of pyridine rings is 1. The predicted octanol–water partition coefficient (Wildman–Crippen LogP) is 1.85. The van der Waals surface area contributed by atoms with E-state index in [0.29, 0.717) is 11.6 Å². The molecular weight excluding hydrogens is 202 g/mol. The van der Waals surface area contributed by atoms with Crippen molar-refractivity contribution in [3.8, 4) is 0 Å². The molecule has 88 valence electrons. The summed E-state index contributed by atoms with van der Waals surface area (Å²) in [7, 11) is 3.44. The second-order valence-corrected chi connectivity index (χ2v) is 4.40. The Hall–Kier alpha value is -1.58. The van der Waals surface area contributed by atoms with Gasteiger partial charge in [-0.25, -0.2) is 0 Å². The highest BCUT2D eigenvalue weighted by atomic mass is 16.2. The lowest BCUT2D eigenvalue weighted by Crippen LogP contribution is -2.22. The van der Waals surface area contributed by atoms with Crippen LogP contribution in [0.4, 0.5) is 5.69 Å². The average Bonchev–Trinajstić information content (AvgIpc) is 2.25. The number of carbonyl (C=O) groups excluding carboxylic acids is 1. The van der Waals surface area contributed by atoms with Gasteiger partial charge in [0.15, 0.2) is 0 Å². The largest absolute Gasteiger partial charge is 0.385 e. The van der Waals surface area contributed by atoms with Gasteiger partial charge in [0.2, 0.25) is 0 Å². The minimum Gasteiger partial charge on any atom is -0.385 e. The Morgan fingerprint density at radius 2 is 2.19 bits per heavy atom. The monoisotopic (exact) mass is 221 g/mol. The molecule has 1 N–H and O–H groups in total. The maximum atomic E-state index is 11.7. The molecule has 0 fully saturated rings. The van der Waals surface area contributed by atoms with Crippen molar-refractivity contribution in [2.75, 3.05) is 26.0 Å². The minimum atomic E-state index is -0.0757. The van der Waals surface area contributed by atoms with Crippen LogP contribution in [0.1, 0.15) is 24.3 Å². The van der Waals surface area contributed by atoms with E-state index in [1.807, 2.05) is 6.07 Å². The molecule has 0 saturated heterocycles. The first kappa shape index (κ1) is 12.5. The number of amides is 1. The molecule has 1 heterocycles. The van der Waals surface area contributed by atoms with Crippen LogP contribution in [0.2, 0.25) is 0 Å². The topological polar surface area (TPSA) is 45.2 Å². The van der Waals surface area contributed by atoms with Crippen molar-refractivity contribution in [2.24, 2.45) is 5.92 Å². The summed E-state index contributed by atoms with van der Waals surface area (Å²) in [5.41, 5.74) is 1.41. The molecule has 1 amide bonds. The summed E-state index contributed by atoms with van der Waals surface area (Å²) >= 11 is 0. The summed E-state index contributed by atoms with van der Waals surface area (Å²) in [6.45, 7) is 5.17. The molecule has 4 heteroatoms. The van der Waals surface area contributed by atoms with E-state index in [1.54, 1.807) is 26.4 Å². The molecule has 0 atom stereocenters. The number of carbonyl (C=O) groups is 1. The highest BCUT2D eigenvalue weighted by Crippen LogP contribution is 2.09. The zero-order valence-electron chi connectivity index (χ0n) is 10.3. The van der Waals surface area contributed by atoms with Crippen LogP contribution in [-0.2, 0) is 0 Å². The molecule has 1 aromatic heterocycles. The number of hydrogen-bond donors (Lipinski definition) is 1. The fourth-order valence-corrected chi connectivity index (χ4v) is 1.21. The van der Waals surface area contributed by atoms with Crippen LogP contribution in [0.5, 0.6) is 0 Å². The van der Waals surface area contributed by atoms with E-state index in [9.17, 15) is 4.79 Å². The first-order valence-electron chi connectivity index (χ1n) is 5.42. The predicted molar refractivity (Wildman–Crippen MR) is 65.6 cm³/mol. The fraction of sp³-hybridized carbons (Fsp3) is 0.500. The van der Waals surface area contributed by atoms with Crippen molar-refractivity contribution < 1.29 is 4.79 Å². The Morgan fingerprint density at radius 1 is 1.50 bits per heavy atom. The van der Waals surface area contributed by atoms with Crippen molar-refractivity contribution in [3.05, 3.63) is 24.0 Å². The smallest absolute Gasteiger partial charge is 0.272 e. The Balaban J connectivity index is 2.75. The molecule has 0 unspecified atom stereocenters. The molecule has 0 aliphatic carbocycles. The molecule has 16 heavy (non-hydrogen) atoms. The van der Waals surface area contributed by atoms with E-state index in [0.717, 1.165) is 12.2 Å². The van der Waals surface area contributed by atoms with Gasteiger partial charge in [0, 0.05) is 32.5 Å². The highest BCUT2D eigenvalue weighted by Gasteiger charge is 2.09. The van der Waals surface area contributed by atoms with Crippen molar-refractivity contribution >= 4 is 11.6 Å². The zero-order chi connectivity index (χ0) is 12.1. The van der Waals surface area contributed by atoms with E-state index in [-0.39, 0.29) is 5.91 Å². The standard InChI is InChI=1S/C12H19N3O/c1-9(2)8-14-10-5-6-13-11(7-10)12(16)15(3)4/h5-7,9H,8H2,1-4H3,(H,13,14). The van der Waals surface area contributed by atoms with Crippen LogP contribution in [-0.4, -0.2) is 36.4 Å². The Bertz CT molecular complexity index is 361. The molecule has 0 spiro atoms. The zero-order valence-corrected chi connectivity index (χ0v) is 10.3. The molecule has 0 bridgehead atoms. The summed E-state index contributed by atoms with van der Waals surface area (Å²) in [5.74, 6) is 0.495. The Morgan fingerprint density at radius 3 is 2.75 bits per heavy atom. The van der Waals surface area contributed by atoms with Crippen LogP contribution in [0.15, 0.2) is 18.3 Å². The van der Waals surface area contributed by atoms with Crippen LogP contribution in [0, 0.1) is 5.92 Å². The SMILES string of the molecule is CC(C)CNc1ccnc(C(=O)N(C)C)c1. The fourth-order valence-electron chi connectivity index (χ4n) is 1.21. The van der Waals surface area contributed by atoms with Gasteiger partial charge in [0.25, 0.3) is 5.91 Å². The maximum absolute atomic E-state index is 11.7. The van der Waals surface area contributed by atoms with E-state index in [2.05, 4.69) is 24.1 Å². The lowest BCUT2D eigenvalue weighted by atomic mass is 10.2. The third-order valence-corrected chi connectivity index (χ3v) is 2.10. The van der Waals surface area contributed by atoms with Gasteiger partial charge in [0.05, 0.1) is 0 Å². The summed E-state index contributed by atoms with van der Waals surface area (Å²) < 4.78 is 0. The second-order valence-electron chi connectivity index (χ2n) is 4.40. The van der Waals surface area contributed by atoms with E-state index < -0.39 is 0 Å². The van der Waals surface area contributed by atoms with Gasteiger partial charge in [-0.1, -0.05) is 13.8 Å². The van der Waals surface area contributed by atoms with E-state index >= 15 is 0 Å². The third kappa shape index (κ3) is 3.53. The summed E-state index contributed by atoms with van der Waals surface area (Å²) in [6.07, 6.45) is 1.65. The number of rotatable bonds is 4. The Kier molecular flexibility index (Phi) is 4.28. The van der Waals surface area contributed by atoms with Crippen LogP contribution in [0.25, 0.3) is 0 Å². The summed E-state index contributed by atoms with van der Waals surface area (Å²) in [4.78, 5) is 17.2. The lowest BCUT2D eigenvalue weighted by Gasteiger charge is -2.12. The number of hydrogen-bond acceptors (Lipinski definition) is 3. The quantitative estimate of drug-likeness (QED) is 0.844. The van der Waals surface area contributed by atoms with Crippen molar-refractivity contribution in [1.82, 2.24) is 9.88 Å². The number of aromatic nitrogens is 1. The number of anilines is 1. The molecule has 0 aromatic carbocycles. The van der Waals surface area contributed by atoms with Gasteiger partial charge in [-0.05, 0) is 18.1 Å². The first-order chi connectivity index (χ1) is 7.50. The van der Waals surface area contributed by atoms with Gasteiger partial charge in [0.1, 0.15) is 5.69 Å². The first-order valence-corrected chi connectivity index (χ1v) is 5.42. The third-order valence-electron chi connectivity index (χ3n) is 2.10.